The zero-order valence-electron chi connectivity index (χ0n) is 16.1. The molecule has 0 atom stereocenters. The summed E-state index contributed by atoms with van der Waals surface area (Å²) in [5.74, 6) is 0.961. The summed E-state index contributed by atoms with van der Waals surface area (Å²) in [4.78, 5) is 29.0. The van der Waals surface area contributed by atoms with Crippen molar-refractivity contribution in [2.24, 2.45) is 7.05 Å². The van der Waals surface area contributed by atoms with Gasteiger partial charge in [0.05, 0.1) is 18.6 Å². The molecule has 0 unspecified atom stereocenters. The smallest absolute Gasteiger partial charge is 0.255 e. The molecule has 0 bridgehead atoms. The van der Waals surface area contributed by atoms with Crippen molar-refractivity contribution in [2.75, 3.05) is 32.8 Å². The number of benzene rings is 1. The minimum atomic E-state index is 0.0383. The summed E-state index contributed by atoms with van der Waals surface area (Å²) in [6, 6.07) is 9.50. The first-order valence-corrected chi connectivity index (χ1v) is 9.47. The average Bonchev–Trinajstić information content (AvgIpc) is 2.95. The van der Waals surface area contributed by atoms with Crippen LogP contribution in [0.5, 0.6) is 5.75 Å². The Kier molecular flexibility index (Phi) is 6.16. The number of hydrogen-bond acceptors (Lipinski definition) is 3. The molecule has 6 nitrogen and oxygen atoms in total. The van der Waals surface area contributed by atoms with E-state index in [0.717, 1.165) is 17.7 Å². The van der Waals surface area contributed by atoms with Crippen LogP contribution in [0.3, 0.4) is 0 Å². The van der Waals surface area contributed by atoms with Crippen LogP contribution in [-0.4, -0.2) is 59.0 Å². The predicted molar refractivity (Wildman–Crippen MR) is 104 cm³/mol. The van der Waals surface area contributed by atoms with Gasteiger partial charge in [0.25, 0.3) is 5.91 Å². The number of ether oxygens (including phenoxy) is 1. The fourth-order valence-corrected chi connectivity index (χ4v) is 3.34. The van der Waals surface area contributed by atoms with Crippen LogP contribution in [0.1, 0.15) is 29.3 Å². The topological polar surface area (TPSA) is 54.8 Å². The number of carbonyl (C=O) groups excluding carboxylic acids is 2. The van der Waals surface area contributed by atoms with Gasteiger partial charge in [-0.15, -0.1) is 0 Å². The molecule has 3 rings (SSSR count). The molecular weight excluding hydrogens is 342 g/mol. The molecule has 1 aromatic heterocycles. The predicted octanol–water partition coefficient (Wildman–Crippen LogP) is 2.34. The molecule has 0 aliphatic carbocycles. The number of aryl methyl sites for hydroxylation is 1. The first kappa shape index (κ1) is 19.0. The van der Waals surface area contributed by atoms with Gasteiger partial charge in [-0.2, -0.15) is 0 Å². The molecule has 1 fully saturated rings. The largest absolute Gasteiger partial charge is 0.494 e. The Labute approximate surface area is 160 Å². The second-order valence-corrected chi connectivity index (χ2v) is 6.85. The molecule has 1 saturated heterocycles. The summed E-state index contributed by atoms with van der Waals surface area (Å²) < 4.78 is 7.31. The van der Waals surface area contributed by atoms with Crippen LogP contribution in [0.25, 0.3) is 0 Å². The molecule has 2 heterocycles. The molecule has 0 spiro atoms. The summed E-state index contributed by atoms with van der Waals surface area (Å²) in [5, 5.41) is 0. The van der Waals surface area contributed by atoms with Crippen molar-refractivity contribution in [2.45, 2.75) is 19.8 Å². The summed E-state index contributed by atoms with van der Waals surface area (Å²) in [7, 11) is 1.90. The Bertz CT molecular complexity index is 782. The maximum Gasteiger partial charge on any atom is 0.255 e. The Morgan fingerprint density at radius 3 is 2.37 bits per heavy atom. The van der Waals surface area contributed by atoms with Crippen molar-refractivity contribution >= 4 is 11.8 Å². The molecule has 2 amide bonds. The van der Waals surface area contributed by atoms with Gasteiger partial charge in [0, 0.05) is 45.6 Å². The molecule has 6 heteroatoms. The van der Waals surface area contributed by atoms with Gasteiger partial charge in [0.2, 0.25) is 5.91 Å². The summed E-state index contributed by atoms with van der Waals surface area (Å²) >= 11 is 0. The molecule has 1 aliphatic rings. The highest BCUT2D eigenvalue weighted by Crippen LogP contribution is 2.14. The second kappa shape index (κ2) is 8.75. The van der Waals surface area contributed by atoms with Crippen LogP contribution in [0.15, 0.2) is 42.7 Å². The van der Waals surface area contributed by atoms with E-state index in [1.54, 1.807) is 0 Å². The Hall–Kier alpha value is -2.76. The maximum absolute atomic E-state index is 12.7. The molecule has 0 radical (unpaired) electrons. The first-order valence-electron chi connectivity index (χ1n) is 9.47. The van der Waals surface area contributed by atoms with Crippen molar-refractivity contribution in [1.82, 2.24) is 14.4 Å². The normalized spacial score (nSPS) is 14.7. The molecule has 1 aromatic carbocycles. The van der Waals surface area contributed by atoms with E-state index in [4.69, 9.17) is 4.74 Å². The van der Waals surface area contributed by atoms with Crippen LogP contribution < -0.4 is 4.74 Å². The minimum Gasteiger partial charge on any atom is -0.494 e. The fourth-order valence-electron chi connectivity index (χ4n) is 3.34. The summed E-state index contributed by atoms with van der Waals surface area (Å²) in [6.45, 7) is 5.10. The number of aromatic nitrogens is 1. The minimum absolute atomic E-state index is 0.0383. The third-order valence-corrected chi connectivity index (χ3v) is 4.80. The SMILES string of the molecule is CCOc1ccc(CC(=O)N2CCCN(C(=O)c3ccn(C)c3)CC2)cc1. The summed E-state index contributed by atoms with van der Waals surface area (Å²) in [5.41, 5.74) is 1.68. The molecule has 1 aliphatic heterocycles. The van der Waals surface area contributed by atoms with Crippen molar-refractivity contribution in [3.8, 4) is 5.75 Å². The van der Waals surface area contributed by atoms with E-state index >= 15 is 0 Å². The van der Waals surface area contributed by atoms with Crippen LogP contribution in [0.2, 0.25) is 0 Å². The lowest BCUT2D eigenvalue weighted by Gasteiger charge is -2.22. The summed E-state index contributed by atoms with van der Waals surface area (Å²) in [6.07, 6.45) is 4.88. The van der Waals surface area contributed by atoms with E-state index in [1.165, 1.54) is 0 Å². The Balaban J connectivity index is 1.55. The van der Waals surface area contributed by atoms with Crippen molar-refractivity contribution in [3.63, 3.8) is 0 Å². The highest BCUT2D eigenvalue weighted by Gasteiger charge is 2.23. The average molecular weight is 369 g/mol. The molecular formula is C21H27N3O3. The van der Waals surface area contributed by atoms with E-state index in [2.05, 4.69) is 0 Å². The Morgan fingerprint density at radius 2 is 1.70 bits per heavy atom. The van der Waals surface area contributed by atoms with E-state index in [0.29, 0.717) is 44.8 Å². The van der Waals surface area contributed by atoms with Gasteiger partial charge in [0.1, 0.15) is 5.75 Å². The maximum atomic E-state index is 12.7. The van der Waals surface area contributed by atoms with E-state index in [-0.39, 0.29) is 11.8 Å². The zero-order chi connectivity index (χ0) is 19.2. The van der Waals surface area contributed by atoms with Gasteiger partial charge in [-0.3, -0.25) is 9.59 Å². The van der Waals surface area contributed by atoms with Crippen LogP contribution in [0, 0.1) is 0 Å². The van der Waals surface area contributed by atoms with Gasteiger partial charge in [-0.05, 0) is 37.1 Å². The molecule has 2 aromatic rings. The number of amides is 2. The third-order valence-electron chi connectivity index (χ3n) is 4.80. The lowest BCUT2D eigenvalue weighted by atomic mass is 10.1. The van der Waals surface area contributed by atoms with Gasteiger partial charge in [0.15, 0.2) is 0 Å². The van der Waals surface area contributed by atoms with Crippen LogP contribution >= 0.6 is 0 Å². The number of nitrogens with zero attached hydrogens (tertiary/aromatic N) is 3. The monoisotopic (exact) mass is 369 g/mol. The van der Waals surface area contributed by atoms with Gasteiger partial charge < -0.3 is 19.1 Å². The molecule has 144 valence electrons. The quantitative estimate of drug-likeness (QED) is 0.813. The first-order chi connectivity index (χ1) is 13.1. The van der Waals surface area contributed by atoms with Crippen LogP contribution in [-0.2, 0) is 18.3 Å². The molecule has 0 saturated carbocycles. The standard InChI is InChI=1S/C21H27N3O3/c1-3-27-19-7-5-17(6-8-19)15-20(25)23-10-4-11-24(14-13-23)21(26)18-9-12-22(2)16-18/h5-9,12,16H,3-4,10-11,13-15H2,1-2H3. The highest BCUT2D eigenvalue weighted by molar-refractivity contribution is 5.94. The van der Waals surface area contributed by atoms with Crippen molar-refractivity contribution < 1.29 is 14.3 Å². The Morgan fingerprint density at radius 1 is 1.00 bits per heavy atom. The third kappa shape index (κ3) is 4.90. The van der Waals surface area contributed by atoms with Gasteiger partial charge >= 0.3 is 0 Å². The highest BCUT2D eigenvalue weighted by atomic mass is 16.5. The van der Waals surface area contributed by atoms with E-state index in [9.17, 15) is 9.59 Å². The number of rotatable bonds is 5. The van der Waals surface area contributed by atoms with Crippen molar-refractivity contribution in [1.29, 1.82) is 0 Å². The van der Waals surface area contributed by atoms with Crippen LogP contribution in [0.4, 0.5) is 0 Å². The number of carbonyl (C=O) groups is 2. The van der Waals surface area contributed by atoms with E-state index < -0.39 is 0 Å². The van der Waals surface area contributed by atoms with Crippen molar-refractivity contribution in [3.05, 3.63) is 53.9 Å². The van der Waals surface area contributed by atoms with Gasteiger partial charge in [-0.25, -0.2) is 0 Å². The molecule has 0 N–H and O–H groups in total. The fraction of sp³-hybridized carbons (Fsp3) is 0.429. The molecule has 27 heavy (non-hydrogen) atoms. The number of hydrogen-bond donors (Lipinski definition) is 0. The lowest BCUT2D eigenvalue weighted by molar-refractivity contribution is -0.130. The van der Waals surface area contributed by atoms with E-state index in [1.807, 2.05) is 71.1 Å². The lowest BCUT2D eigenvalue weighted by Crippen LogP contribution is -2.37. The van der Waals surface area contributed by atoms with Gasteiger partial charge in [-0.1, -0.05) is 12.1 Å². The zero-order valence-corrected chi connectivity index (χ0v) is 16.1. The second-order valence-electron chi connectivity index (χ2n) is 6.85.